The zero-order chi connectivity index (χ0) is 46.3. The van der Waals surface area contributed by atoms with Crippen molar-refractivity contribution in [3.63, 3.8) is 0 Å². The molecule has 2 fully saturated rings. The average Bonchev–Trinajstić information content (AvgIpc) is 3.57. The Morgan fingerprint density at radius 1 is 0.788 bits per heavy atom. The van der Waals surface area contributed by atoms with Crippen LogP contribution in [0.3, 0.4) is 0 Å². The van der Waals surface area contributed by atoms with Crippen molar-refractivity contribution in [2.75, 3.05) is 36.8 Å². The third kappa shape index (κ3) is 10.3. The molecule has 1 unspecified atom stereocenters. The van der Waals surface area contributed by atoms with Gasteiger partial charge in [-0.2, -0.15) is 0 Å². The van der Waals surface area contributed by atoms with Gasteiger partial charge in [-0.1, -0.05) is 30.3 Å². The van der Waals surface area contributed by atoms with Crippen LogP contribution in [0.2, 0.25) is 0 Å². The summed E-state index contributed by atoms with van der Waals surface area (Å²) in [4.78, 5) is 96.2. The van der Waals surface area contributed by atoms with Gasteiger partial charge >= 0.3 is 0 Å². The molecular formula is C49H51N9O8. The summed E-state index contributed by atoms with van der Waals surface area (Å²) in [5.41, 5.74) is 15.7. The van der Waals surface area contributed by atoms with Crippen molar-refractivity contribution in [3.8, 4) is 11.5 Å². The first kappa shape index (κ1) is 44.8. The molecule has 2 atom stereocenters. The number of nitrogens with two attached hydrogens (primary N) is 2. The van der Waals surface area contributed by atoms with Gasteiger partial charge in [-0.25, -0.2) is 0 Å². The van der Waals surface area contributed by atoms with Gasteiger partial charge in [0.1, 0.15) is 28.9 Å². The molecule has 4 aliphatic heterocycles. The van der Waals surface area contributed by atoms with Crippen LogP contribution in [0.15, 0.2) is 108 Å². The highest BCUT2D eigenvalue weighted by atomic mass is 16.5. The van der Waals surface area contributed by atoms with Crippen LogP contribution in [0.4, 0.5) is 11.4 Å². The molecule has 0 aromatic heterocycles. The number of ether oxygens (including phenoxy) is 1. The van der Waals surface area contributed by atoms with Crippen molar-refractivity contribution in [2.45, 2.75) is 63.5 Å². The molecule has 0 spiro atoms. The van der Waals surface area contributed by atoms with Gasteiger partial charge in [-0.05, 0) is 122 Å². The lowest BCUT2D eigenvalue weighted by Gasteiger charge is -2.38. The van der Waals surface area contributed by atoms with E-state index in [2.05, 4.69) is 26.3 Å². The minimum absolute atomic E-state index is 0.0285. The number of hydrogen-bond acceptors (Lipinski definition) is 12. The number of primary amides is 1. The topological polar surface area (TPSA) is 248 Å². The summed E-state index contributed by atoms with van der Waals surface area (Å²) in [5.74, 6) is -1.26. The number of benzene rings is 4. The number of fused-ring (bicyclic) bond motifs is 1. The number of amides is 7. The van der Waals surface area contributed by atoms with Crippen molar-refractivity contribution in [3.05, 3.63) is 125 Å². The monoisotopic (exact) mass is 893 g/mol. The molecule has 0 radical (unpaired) electrons. The van der Waals surface area contributed by atoms with Gasteiger partial charge < -0.3 is 37.1 Å². The Bertz CT molecular complexity index is 2610. The standard InChI is InChI=1S/C49H51N9O8/c50-44(31-11-16-35(17-12-31)66-34-6-2-1-3-7-34)43(45(51)62)46-52-24-21-38(55-46)30-22-25-57(26-23-30)42(61)8-4-5-29-9-13-32(14-10-29)54-41(60)28-53-33-15-18-36-37(27-33)49(65)58(48(36)64)39-19-20-40(59)56-47(39)63/h1-3,6-7,9-18,27,30,38-39,53H,4-5,8,19-26,28,50H2,(H2,51,62)(H,52,55)(H,54,60)(H,56,59,63)/t38-,39?/m0/s1. The summed E-state index contributed by atoms with van der Waals surface area (Å²) >= 11 is 0. The number of nitrogens with zero attached hydrogens (tertiary/aromatic N) is 3. The van der Waals surface area contributed by atoms with Gasteiger partial charge in [-0.3, -0.25) is 48.8 Å². The van der Waals surface area contributed by atoms with Crippen molar-refractivity contribution in [2.24, 2.45) is 22.4 Å². The number of anilines is 2. The second kappa shape index (κ2) is 19.9. The number of para-hydroxylation sites is 1. The molecule has 7 amide bonds. The van der Waals surface area contributed by atoms with E-state index in [9.17, 15) is 33.6 Å². The molecular weight excluding hydrogens is 843 g/mol. The molecule has 0 aliphatic carbocycles. The van der Waals surface area contributed by atoms with Gasteiger partial charge in [0.25, 0.3) is 17.7 Å². The summed E-state index contributed by atoms with van der Waals surface area (Å²) in [5, 5.41) is 11.4. The Hall–Kier alpha value is -7.82. The molecule has 66 heavy (non-hydrogen) atoms. The molecule has 4 aromatic carbocycles. The Labute approximate surface area is 381 Å². The fraction of sp³-hybridized carbons (Fsp3) is 0.306. The fourth-order valence-electron chi connectivity index (χ4n) is 8.84. The van der Waals surface area contributed by atoms with E-state index in [1.807, 2.05) is 47.4 Å². The molecule has 0 saturated carbocycles. The van der Waals surface area contributed by atoms with E-state index in [-0.39, 0.29) is 65.6 Å². The van der Waals surface area contributed by atoms with Gasteiger partial charge in [0.2, 0.25) is 23.6 Å². The third-order valence-corrected chi connectivity index (χ3v) is 12.4. The van der Waals surface area contributed by atoms with Crippen LogP contribution in [0.5, 0.6) is 11.5 Å². The quantitative estimate of drug-likeness (QED) is 0.0733. The van der Waals surface area contributed by atoms with Crippen LogP contribution in [0, 0.1) is 5.92 Å². The lowest BCUT2D eigenvalue weighted by molar-refractivity contribution is -0.136. The molecule has 8 N–H and O–H groups in total. The predicted molar refractivity (Wildman–Crippen MR) is 246 cm³/mol. The molecule has 4 heterocycles. The van der Waals surface area contributed by atoms with Crippen molar-refractivity contribution in [1.82, 2.24) is 20.4 Å². The molecule has 4 aliphatic rings. The average molecular weight is 894 g/mol. The van der Waals surface area contributed by atoms with Gasteiger partial charge in [0.15, 0.2) is 0 Å². The summed E-state index contributed by atoms with van der Waals surface area (Å²) in [6, 6.07) is 27.5. The summed E-state index contributed by atoms with van der Waals surface area (Å²) in [6.45, 7) is 1.69. The van der Waals surface area contributed by atoms with Crippen molar-refractivity contribution >= 4 is 64.3 Å². The lowest BCUT2D eigenvalue weighted by Crippen LogP contribution is -2.54. The molecule has 0 bridgehead atoms. The lowest BCUT2D eigenvalue weighted by atomic mass is 9.86. The number of likely N-dealkylation sites (tertiary alicyclic amines) is 1. The Kier molecular flexibility index (Phi) is 13.5. The maximum atomic E-state index is 13.2. The number of carbonyl (C=O) groups is 7. The molecule has 2 saturated heterocycles. The number of rotatable bonds is 15. The van der Waals surface area contributed by atoms with Gasteiger partial charge in [0.05, 0.1) is 23.4 Å². The minimum atomic E-state index is -1.06. The predicted octanol–water partition coefficient (Wildman–Crippen LogP) is 4.11. The highest BCUT2D eigenvalue weighted by molar-refractivity contribution is 6.25. The van der Waals surface area contributed by atoms with Crippen molar-refractivity contribution in [1.29, 1.82) is 0 Å². The number of aryl methyl sites for hydroxylation is 1. The number of aliphatic imine (C=N–C) groups is 1. The van der Waals surface area contributed by atoms with Gasteiger partial charge in [-0.15, -0.1) is 0 Å². The highest BCUT2D eigenvalue weighted by Gasteiger charge is 2.44. The van der Waals surface area contributed by atoms with E-state index in [1.165, 1.54) is 12.1 Å². The Morgan fingerprint density at radius 2 is 1.48 bits per heavy atom. The smallest absolute Gasteiger partial charge is 0.262 e. The molecule has 4 aromatic rings. The zero-order valence-corrected chi connectivity index (χ0v) is 36.2. The van der Waals surface area contributed by atoms with E-state index in [4.69, 9.17) is 16.2 Å². The maximum Gasteiger partial charge on any atom is 0.262 e. The van der Waals surface area contributed by atoms with Crippen LogP contribution in [-0.4, -0.2) is 95.2 Å². The second-order valence-electron chi connectivity index (χ2n) is 16.7. The van der Waals surface area contributed by atoms with E-state index in [1.54, 1.807) is 42.5 Å². The van der Waals surface area contributed by atoms with Crippen LogP contribution in [-0.2, 0) is 30.4 Å². The molecule has 17 heteroatoms. The maximum absolute atomic E-state index is 13.2. The van der Waals surface area contributed by atoms with E-state index in [0.717, 1.165) is 29.7 Å². The number of amidine groups is 1. The fourth-order valence-corrected chi connectivity index (χ4v) is 8.84. The van der Waals surface area contributed by atoms with Crippen LogP contribution in [0.1, 0.15) is 76.8 Å². The third-order valence-electron chi connectivity index (χ3n) is 12.4. The first-order valence-electron chi connectivity index (χ1n) is 22.1. The van der Waals surface area contributed by atoms with Crippen LogP contribution in [0.25, 0.3) is 5.70 Å². The Morgan fingerprint density at radius 3 is 2.20 bits per heavy atom. The van der Waals surface area contributed by atoms with E-state index >= 15 is 0 Å². The summed E-state index contributed by atoms with van der Waals surface area (Å²) in [7, 11) is 0. The van der Waals surface area contributed by atoms with E-state index < -0.39 is 35.6 Å². The largest absolute Gasteiger partial charge is 0.457 e. The molecule has 8 rings (SSSR count). The number of carbonyl (C=O) groups excluding carboxylic acids is 7. The van der Waals surface area contributed by atoms with Crippen molar-refractivity contribution < 1.29 is 38.3 Å². The van der Waals surface area contributed by atoms with Crippen LogP contribution >= 0.6 is 0 Å². The Balaban J connectivity index is 0.751. The SMILES string of the molecule is NC(=O)C(C1=NCC[C@@H](C2CCN(C(=O)CCCc3ccc(NC(=O)CNc4ccc5c(c4)C(=O)N(C4CCC(=O)NC4=O)C5=O)cc3)CC2)N1)=C(N)c1ccc(Oc2ccccc2)cc1. The van der Waals surface area contributed by atoms with E-state index in [0.29, 0.717) is 73.2 Å². The number of hydrogen-bond donors (Lipinski definition) is 6. The number of piperidine rings is 2. The highest BCUT2D eigenvalue weighted by Crippen LogP contribution is 2.31. The number of imide groups is 2. The zero-order valence-electron chi connectivity index (χ0n) is 36.2. The second-order valence-corrected chi connectivity index (χ2v) is 16.7. The summed E-state index contributed by atoms with van der Waals surface area (Å²) < 4.78 is 5.89. The molecule has 17 nitrogen and oxygen atoms in total. The first-order chi connectivity index (χ1) is 31.9. The summed E-state index contributed by atoms with van der Waals surface area (Å²) in [6.07, 6.45) is 4.28. The minimum Gasteiger partial charge on any atom is -0.457 e. The first-order valence-corrected chi connectivity index (χ1v) is 22.1. The molecule has 340 valence electrons. The van der Waals surface area contributed by atoms with Crippen LogP contribution < -0.4 is 37.5 Å². The number of nitrogens with one attached hydrogen (secondary N) is 4. The van der Waals surface area contributed by atoms with Gasteiger partial charge in [0, 0.05) is 49.9 Å². The normalized spacial score (nSPS) is 18.9.